The number of alkyl halides is 1. The van der Waals surface area contributed by atoms with Gasteiger partial charge in [-0.15, -0.1) is 0 Å². The zero-order valence-corrected chi connectivity index (χ0v) is 12.5. The Balaban J connectivity index is 3.06. The van der Waals surface area contributed by atoms with Crippen molar-refractivity contribution in [1.29, 1.82) is 5.26 Å². The number of hydrogen-bond donors (Lipinski definition) is 0. The van der Waals surface area contributed by atoms with E-state index in [0.717, 1.165) is 15.6 Å². The van der Waals surface area contributed by atoms with Gasteiger partial charge in [-0.1, -0.05) is 31.9 Å². The normalized spacial score (nSPS) is 9.76. The van der Waals surface area contributed by atoms with E-state index in [1.54, 1.807) is 19.1 Å². The summed E-state index contributed by atoms with van der Waals surface area (Å²) in [5.41, 5.74) is 2.35. The molecule has 17 heavy (non-hydrogen) atoms. The van der Waals surface area contributed by atoms with Crippen molar-refractivity contribution in [3.63, 3.8) is 0 Å². The van der Waals surface area contributed by atoms with E-state index in [1.165, 1.54) is 0 Å². The minimum atomic E-state index is -0.264. The lowest BCUT2D eigenvalue weighted by atomic mass is 10.0. The van der Waals surface area contributed by atoms with Crippen LogP contribution in [0.4, 0.5) is 0 Å². The van der Waals surface area contributed by atoms with E-state index >= 15 is 0 Å². The van der Waals surface area contributed by atoms with Gasteiger partial charge >= 0.3 is 5.97 Å². The van der Waals surface area contributed by atoms with Crippen LogP contribution >= 0.6 is 31.9 Å². The van der Waals surface area contributed by atoms with Crippen LogP contribution in [0.2, 0.25) is 0 Å². The Hall–Kier alpha value is -0.860. The molecule has 0 saturated heterocycles. The summed E-state index contributed by atoms with van der Waals surface area (Å²) in [5.74, 6) is -0.264. The minimum Gasteiger partial charge on any atom is -0.466 e. The molecule has 0 radical (unpaired) electrons. The molecule has 0 unspecified atom stereocenters. The number of carbonyl (C=O) groups excluding carboxylic acids is 1. The fourth-order valence-corrected chi connectivity index (χ4v) is 2.57. The molecule has 0 aliphatic rings. The number of rotatable bonds is 4. The monoisotopic (exact) mass is 359 g/mol. The first kappa shape index (κ1) is 14.2. The van der Waals surface area contributed by atoms with E-state index in [1.807, 2.05) is 0 Å². The highest BCUT2D eigenvalue weighted by Gasteiger charge is 2.13. The summed E-state index contributed by atoms with van der Waals surface area (Å²) in [6.45, 7) is 2.15. The molecular weight excluding hydrogens is 350 g/mol. The summed E-state index contributed by atoms with van der Waals surface area (Å²) in [6.07, 6.45) is 0.209. The van der Waals surface area contributed by atoms with Gasteiger partial charge in [-0.3, -0.25) is 4.79 Å². The van der Waals surface area contributed by atoms with Crippen LogP contribution < -0.4 is 0 Å². The lowest BCUT2D eigenvalue weighted by Crippen LogP contribution is -2.09. The van der Waals surface area contributed by atoms with Crippen LogP contribution in [-0.2, 0) is 21.3 Å². The van der Waals surface area contributed by atoms with Crippen molar-refractivity contribution in [1.82, 2.24) is 0 Å². The third kappa shape index (κ3) is 3.83. The zero-order valence-electron chi connectivity index (χ0n) is 9.30. The van der Waals surface area contributed by atoms with E-state index < -0.39 is 0 Å². The highest BCUT2D eigenvalue weighted by Crippen LogP contribution is 2.25. The van der Waals surface area contributed by atoms with Crippen molar-refractivity contribution in [2.45, 2.75) is 18.7 Å². The molecule has 0 heterocycles. The van der Waals surface area contributed by atoms with E-state index in [2.05, 4.69) is 37.9 Å². The molecule has 0 saturated carbocycles. The Labute approximate surface area is 117 Å². The lowest BCUT2D eigenvalue weighted by molar-refractivity contribution is -0.142. The minimum absolute atomic E-state index is 0.209. The molecule has 0 aliphatic carbocycles. The van der Waals surface area contributed by atoms with Crippen LogP contribution in [0.5, 0.6) is 0 Å². The SMILES string of the molecule is CCOC(=O)Cc1c(Br)cc(C#N)cc1CBr. The van der Waals surface area contributed by atoms with Gasteiger partial charge in [0.25, 0.3) is 0 Å². The molecule has 0 N–H and O–H groups in total. The molecule has 1 aromatic rings. The van der Waals surface area contributed by atoms with Crippen molar-refractivity contribution < 1.29 is 9.53 Å². The van der Waals surface area contributed by atoms with Crippen LogP contribution in [-0.4, -0.2) is 12.6 Å². The summed E-state index contributed by atoms with van der Waals surface area (Å²) in [7, 11) is 0. The first-order chi connectivity index (χ1) is 8.12. The highest BCUT2D eigenvalue weighted by atomic mass is 79.9. The number of halogens is 2. The van der Waals surface area contributed by atoms with Gasteiger partial charge in [-0.2, -0.15) is 5.26 Å². The fraction of sp³-hybridized carbons (Fsp3) is 0.333. The number of esters is 1. The van der Waals surface area contributed by atoms with Crippen molar-refractivity contribution >= 4 is 37.8 Å². The average Bonchev–Trinajstić information content (AvgIpc) is 2.31. The topological polar surface area (TPSA) is 50.1 Å². The van der Waals surface area contributed by atoms with Crippen LogP contribution in [0, 0.1) is 11.3 Å². The quantitative estimate of drug-likeness (QED) is 0.611. The standard InChI is InChI=1S/C12H11Br2NO2/c1-2-17-12(16)5-10-9(6-13)3-8(7-15)4-11(10)14/h3-4H,2,5-6H2,1H3. The first-order valence-electron chi connectivity index (χ1n) is 5.05. The van der Waals surface area contributed by atoms with Crippen LogP contribution in [0.3, 0.4) is 0 Å². The second-order valence-electron chi connectivity index (χ2n) is 3.32. The number of hydrogen-bond acceptors (Lipinski definition) is 3. The second kappa shape index (κ2) is 6.77. The van der Waals surface area contributed by atoms with Crippen molar-refractivity contribution in [3.8, 4) is 6.07 Å². The van der Waals surface area contributed by atoms with Gasteiger partial charge in [0.2, 0.25) is 0 Å². The number of benzene rings is 1. The Bertz CT molecular complexity index is 466. The molecule has 3 nitrogen and oxygen atoms in total. The zero-order chi connectivity index (χ0) is 12.8. The van der Waals surface area contributed by atoms with Gasteiger partial charge in [0.1, 0.15) is 0 Å². The smallest absolute Gasteiger partial charge is 0.310 e. The van der Waals surface area contributed by atoms with Gasteiger partial charge in [0, 0.05) is 9.80 Å². The molecule has 0 aromatic heterocycles. The lowest BCUT2D eigenvalue weighted by Gasteiger charge is -2.10. The van der Waals surface area contributed by atoms with E-state index in [0.29, 0.717) is 17.5 Å². The number of nitrogens with zero attached hydrogens (tertiary/aromatic N) is 1. The van der Waals surface area contributed by atoms with Gasteiger partial charge in [-0.25, -0.2) is 0 Å². The van der Waals surface area contributed by atoms with Crippen molar-refractivity contribution in [2.75, 3.05) is 6.61 Å². The summed E-state index contributed by atoms with van der Waals surface area (Å²) in [4.78, 5) is 11.5. The van der Waals surface area contributed by atoms with E-state index in [9.17, 15) is 4.79 Å². The van der Waals surface area contributed by atoms with Gasteiger partial charge < -0.3 is 4.74 Å². The van der Waals surface area contributed by atoms with Crippen LogP contribution in [0.15, 0.2) is 16.6 Å². The van der Waals surface area contributed by atoms with Crippen molar-refractivity contribution in [2.24, 2.45) is 0 Å². The molecule has 5 heteroatoms. The van der Waals surface area contributed by atoms with E-state index in [4.69, 9.17) is 10.00 Å². The Kier molecular flexibility index (Phi) is 5.66. The largest absolute Gasteiger partial charge is 0.466 e. The average molecular weight is 361 g/mol. The summed E-state index contributed by atoms with van der Waals surface area (Å²) in [5, 5.41) is 9.45. The van der Waals surface area contributed by atoms with Gasteiger partial charge in [-0.05, 0) is 30.2 Å². The Morgan fingerprint density at radius 3 is 2.76 bits per heavy atom. The Morgan fingerprint density at radius 2 is 2.24 bits per heavy atom. The molecule has 90 valence electrons. The summed E-state index contributed by atoms with van der Waals surface area (Å²) >= 11 is 6.73. The Morgan fingerprint density at radius 1 is 1.53 bits per heavy atom. The van der Waals surface area contributed by atoms with Gasteiger partial charge in [0.15, 0.2) is 0 Å². The third-order valence-corrected chi connectivity index (χ3v) is 3.50. The summed E-state index contributed by atoms with van der Waals surface area (Å²) in [6, 6.07) is 5.56. The second-order valence-corrected chi connectivity index (χ2v) is 4.74. The molecule has 1 aromatic carbocycles. The van der Waals surface area contributed by atoms with Crippen molar-refractivity contribution in [3.05, 3.63) is 33.3 Å². The van der Waals surface area contributed by atoms with E-state index in [-0.39, 0.29) is 12.4 Å². The molecule has 1 rings (SSSR count). The number of carbonyl (C=O) groups is 1. The molecule has 0 aliphatic heterocycles. The first-order valence-corrected chi connectivity index (χ1v) is 6.96. The summed E-state index contributed by atoms with van der Waals surface area (Å²) < 4.78 is 5.68. The molecule has 0 fully saturated rings. The number of nitriles is 1. The van der Waals surface area contributed by atoms with Crippen LogP contribution in [0.25, 0.3) is 0 Å². The van der Waals surface area contributed by atoms with Crippen LogP contribution in [0.1, 0.15) is 23.6 Å². The maximum absolute atomic E-state index is 11.5. The maximum atomic E-state index is 11.5. The predicted molar refractivity (Wildman–Crippen MR) is 71.8 cm³/mol. The molecule has 0 amide bonds. The number of ether oxygens (including phenoxy) is 1. The maximum Gasteiger partial charge on any atom is 0.310 e. The molecule has 0 spiro atoms. The predicted octanol–water partition coefficient (Wildman–Crippen LogP) is 3.32. The third-order valence-electron chi connectivity index (χ3n) is 2.19. The van der Waals surface area contributed by atoms with Gasteiger partial charge in [0.05, 0.1) is 24.7 Å². The molecular formula is C12H11Br2NO2. The molecule has 0 bridgehead atoms. The highest BCUT2D eigenvalue weighted by molar-refractivity contribution is 9.10. The molecule has 0 atom stereocenters. The fourth-order valence-electron chi connectivity index (χ4n) is 1.43.